The third kappa shape index (κ3) is 4.06. The van der Waals surface area contributed by atoms with Gasteiger partial charge in [-0.25, -0.2) is 0 Å². The molecule has 0 aliphatic heterocycles. The van der Waals surface area contributed by atoms with Crippen LogP contribution >= 0.6 is 15.9 Å². The number of amides is 1. The Balaban J connectivity index is 1.91. The van der Waals surface area contributed by atoms with Gasteiger partial charge in [-0.1, -0.05) is 24.3 Å². The molecule has 2 aromatic carbocycles. The highest BCUT2D eigenvalue weighted by Gasteiger charge is 2.05. The first-order chi connectivity index (χ1) is 10.1. The van der Waals surface area contributed by atoms with Crippen LogP contribution in [0.2, 0.25) is 0 Å². The summed E-state index contributed by atoms with van der Waals surface area (Å²) in [5.74, 6) is 0.175. The average Bonchev–Trinajstić information content (AvgIpc) is 2.51. The van der Waals surface area contributed by atoms with Crippen molar-refractivity contribution in [2.75, 3.05) is 7.05 Å². The number of carbonyl (C=O) groups is 1. The molecule has 0 heterocycles. The van der Waals surface area contributed by atoms with Crippen molar-refractivity contribution < 1.29 is 9.90 Å². The van der Waals surface area contributed by atoms with E-state index in [9.17, 15) is 9.90 Å². The second-order valence-corrected chi connectivity index (χ2v) is 5.48. The summed E-state index contributed by atoms with van der Waals surface area (Å²) in [5.41, 5.74) is 2.56. The molecule has 2 aromatic rings. The van der Waals surface area contributed by atoms with Crippen molar-refractivity contribution in [3.8, 4) is 5.75 Å². The predicted octanol–water partition coefficient (Wildman–Crippen LogP) is 2.80. The van der Waals surface area contributed by atoms with Crippen molar-refractivity contribution in [2.24, 2.45) is 0 Å². The number of hydrogen-bond donors (Lipinski definition) is 3. The predicted molar refractivity (Wildman–Crippen MR) is 86.2 cm³/mol. The minimum atomic E-state index is -0.0893. The summed E-state index contributed by atoms with van der Waals surface area (Å²) in [7, 11) is 1.61. The fourth-order valence-corrected chi connectivity index (χ4v) is 2.37. The SMILES string of the molecule is CNC(=O)c1ccc(CNCc2cccc(Br)c2O)cc1. The maximum absolute atomic E-state index is 11.4. The molecule has 0 fully saturated rings. The van der Waals surface area contributed by atoms with Crippen LogP contribution < -0.4 is 10.6 Å². The van der Waals surface area contributed by atoms with Gasteiger partial charge in [0.05, 0.1) is 4.47 Å². The lowest BCUT2D eigenvalue weighted by Gasteiger charge is -2.08. The molecule has 0 spiro atoms. The molecule has 0 radical (unpaired) electrons. The first-order valence-corrected chi connectivity index (χ1v) is 7.39. The first-order valence-electron chi connectivity index (χ1n) is 6.60. The van der Waals surface area contributed by atoms with Crippen LogP contribution in [0.5, 0.6) is 5.75 Å². The number of rotatable bonds is 5. The number of aromatic hydroxyl groups is 1. The molecule has 2 rings (SSSR count). The molecule has 0 unspecified atom stereocenters. The normalized spacial score (nSPS) is 10.4. The van der Waals surface area contributed by atoms with Crippen LogP contribution in [0.15, 0.2) is 46.9 Å². The third-order valence-corrected chi connectivity index (χ3v) is 3.80. The van der Waals surface area contributed by atoms with E-state index in [1.807, 2.05) is 24.3 Å². The van der Waals surface area contributed by atoms with Crippen molar-refractivity contribution >= 4 is 21.8 Å². The highest BCUT2D eigenvalue weighted by atomic mass is 79.9. The number of para-hydroxylation sites is 1. The van der Waals surface area contributed by atoms with E-state index in [4.69, 9.17) is 0 Å². The first kappa shape index (κ1) is 15.5. The molecule has 0 aliphatic carbocycles. The van der Waals surface area contributed by atoms with Gasteiger partial charge in [0.15, 0.2) is 0 Å². The molecule has 4 nitrogen and oxygen atoms in total. The fraction of sp³-hybridized carbons (Fsp3) is 0.188. The van der Waals surface area contributed by atoms with Crippen LogP contribution in [0.4, 0.5) is 0 Å². The van der Waals surface area contributed by atoms with Gasteiger partial charge in [-0.05, 0) is 39.7 Å². The molecule has 21 heavy (non-hydrogen) atoms. The maximum atomic E-state index is 11.4. The molecule has 5 heteroatoms. The summed E-state index contributed by atoms with van der Waals surface area (Å²) >= 11 is 3.30. The maximum Gasteiger partial charge on any atom is 0.251 e. The molecule has 110 valence electrons. The Bertz CT molecular complexity index is 627. The molecule has 0 saturated carbocycles. The molecule has 0 bridgehead atoms. The van der Waals surface area contributed by atoms with E-state index in [2.05, 4.69) is 26.6 Å². The Kier molecular flexibility index (Phi) is 5.36. The van der Waals surface area contributed by atoms with E-state index >= 15 is 0 Å². The monoisotopic (exact) mass is 348 g/mol. The summed E-state index contributed by atoms with van der Waals surface area (Å²) in [5, 5.41) is 15.7. The number of phenolic OH excluding ortho intramolecular Hbond substituents is 1. The lowest BCUT2D eigenvalue weighted by atomic mass is 10.1. The largest absolute Gasteiger partial charge is 0.506 e. The van der Waals surface area contributed by atoms with Crippen LogP contribution in [-0.4, -0.2) is 18.1 Å². The smallest absolute Gasteiger partial charge is 0.251 e. The zero-order chi connectivity index (χ0) is 15.2. The van der Waals surface area contributed by atoms with Crippen LogP contribution in [0.25, 0.3) is 0 Å². The van der Waals surface area contributed by atoms with Crippen LogP contribution in [0.1, 0.15) is 21.5 Å². The lowest BCUT2D eigenvalue weighted by molar-refractivity contribution is 0.0963. The summed E-state index contributed by atoms with van der Waals surface area (Å²) in [4.78, 5) is 11.4. The number of nitrogens with one attached hydrogen (secondary N) is 2. The van der Waals surface area contributed by atoms with Gasteiger partial charge in [-0.2, -0.15) is 0 Å². The third-order valence-electron chi connectivity index (χ3n) is 3.16. The Morgan fingerprint density at radius 1 is 1.14 bits per heavy atom. The molecular formula is C16H17BrN2O2. The van der Waals surface area contributed by atoms with E-state index in [-0.39, 0.29) is 11.7 Å². The number of benzene rings is 2. The van der Waals surface area contributed by atoms with Crippen molar-refractivity contribution in [2.45, 2.75) is 13.1 Å². The van der Waals surface area contributed by atoms with Crippen LogP contribution in [0, 0.1) is 0 Å². The van der Waals surface area contributed by atoms with Crippen LogP contribution in [-0.2, 0) is 13.1 Å². The molecule has 0 aliphatic rings. The summed E-state index contributed by atoms with van der Waals surface area (Å²) in [6.07, 6.45) is 0. The van der Waals surface area contributed by atoms with Crippen LogP contribution in [0.3, 0.4) is 0 Å². The van der Waals surface area contributed by atoms with Gasteiger partial charge in [-0.15, -0.1) is 0 Å². The van der Waals surface area contributed by atoms with Gasteiger partial charge in [-0.3, -0.25) is 4.79 Å². The van der Waals surface area contributed by atoms with E-state index in [1.54, 1.807) is 25.2 Å². The van der Waals surface area contributed by atoms with Crippen molar-refractivity contribution in [3.05, 3.63) is 63.6 Å². The second kappa shape index (κ2) is 7.24. The number of carbonyl (C=O) groups excluding carboxylic acids is 1. The van der Waals surface area contributed by atoms with Gasteiger partial charge in [0.1, 0.15) is 5.75 Å². The standard InChI is InChI=1S/C16H17BrN2O2/c1-18-16(21)12-7-5-11(6-8-12)9-19-10-13-3-2-4-14(17)15(13)20/h2-8,19-20H,9-10H2,1H3,(H,18,21). The van der Waals surface area contributed by atoms with Gasteiger partial charge in [0, 0.05) is 31.3 Å². The second-order valence-electron chi connectivity index (χ2n) is 4.63. The minimum Gasteiger partial charge on any atom is -0.506 e. The highest BCUT2D eigenvalue weighted by molar-refractivity contribution is 9.10. The highest BCUT2D eigenvalue weighted by Crippen LogP contribution is 2.27. The number of phenols is 1. The Labute approximate surface area is 132 Å². The number of hydrogen-bond acceptors (Lipinski definition) is 3. The Morgan fingerprint density at radius 3 is 2.52 bits per heavy atom. The Morgan fingerprint density at radius 2 is 1.86 bits per heavy atom. The quantitative estimate of drug-likeness (QED) is 0.778. The zero-order valence-corrected chi connectivity index (χ0v) is 13.3. The topological polar surface area (TPSA) is 61.4 Å². The lowest BCUT2D eigenvalue weighted by Crippen LogP contribution is -2.18. The van der Waals surface area contributed by atoms with Gasteiger partial charge in [0.25, 0.3) is 5.91 Å². The average molecular weight is 349 g/mol. The van der Waals surface area contributed by atoms with E-state index in [1.165, 1.54) is 0 Å². The zero-order valence-electron chi connectivity index (χ0n) is 11.7. The molecule has 0 aromatic heterocycles. The minimum absolute atomic E-state index is 0.0893. The van der Waals surface area contributed by atoms with Crippen molar-refractivity contribution in [1.82, 2.24) is 10.6 Å². The molecule has 0 atom stereocenters. The van der Waals surface area contributed by atoms with Crippen molar-refractivity contribution in [3.63, 3.8) is 0 Å². The summed E-state index contributed by atoms with van der Waals surface area (Å²) in [6.45, 7) is 1.24. The molecule has 3 N–H and O–H groups in total. The molecular weight excluding hydrogens is 332 g/mol. The van der Waals surface area contributed by atoms with Gasteiger partial charge < -0.3 is 15.7 Å². The molecule has 1 amide bonds. The van der Waals surface area contributed by atoms with Gasteiger partial charge >= 0.3 is 0 Å². The molecule has 0 saturated heterocycles. The van der Waals surface area contributed by atoms with E-state index < -0.39 is 0 Å². The Hall–Kier alpha value is -1.85. The summed E-state index contributed by atoms with van der Waals surface area (Å²) in [6, 6.07) is 13.0. The summed E-state index contributed by atoms with van der Waals surface area (Å²) < 4.78 is 0.691. The van der Waals surface area contributed by atoms with E-state index in [0.29, 0.717) is 23.1 Å². The van der Waals surface area contributed by atoms with Crippen molar-refractivity contribution in [1.29, 1.82) is 0 Å². The fourth-order valence-electron chi connectivity index (χ4n) is 1.96. The van der Waals surface area contributed by atoms with Gasteiger partial charge in [0.2, 0.25) is 0 Å². The van der Waals surface area contributed by atoms with E-state index in [0.717, 1.165) is 11.1 Å². The number of halogens is 1.